The first-order valence-corrected chi connectivity index (χ1v) is 8.13. The molecule has 21 heavy (non-hydrogen) atoms. The number of thioether (sulfide) groups is 1. The van der Waals surface area contributed by atoms with Gasteiger partial charge in [0.25, 0.3) is 0 Å². The summed E-state index contributed by atoms with van der Waals surface area (Å²) < 4.78 is 5.18. The second-order valence-corrected chi connectivity index (χ2v) is 5.75. The molecule has 0 bridgehead atoms. The highest BCUT2D eigenvalue weighted by molar-refractivity contribution is 7.98. The van der Waals surface area contributed by atoms with Crippen molar-refractivity contribution in [1.82, 2.24) is 10.3 Å². The van der Waals surface area contributed by atoms with Crippen LogP contribution in [0.15, 0.2) is 24.3 Å². The Morgan fingerprint density at radius 2 is 2.29 bits per heavy atom. The molecule has 1 unspecified atom stereocenters. The van der Waals surface area contributed by atoms with Crippen molar-refractivity contribution in [3.05, 3.63) is 30.0 Å². The number of hydrogen-bond donors (Lipinski definition) is 3. The van der Waals surface area contributed by atoms with Crippen LogP contribution in [0, 0.1) is 0 Å². The molecule has 6 heteroatoms. The molecule has 0 saturated heterocycles. The smallest absolute Gasteiger partial charge is 0.249 e. The number of aromatic amines is 1. The number of nitrogens with one attached hydrogen (secondary N) is 2. The predicted molar refractivity (Wildman–Crippen MR) is 85.7 cm³/mol. The summed E-state index contributed by atoms with van der Waals surface area (Å²) in [7, 11) is 1.63. The lowest BCUT2D eigenvalue weighted by Gasteiger charge is -2.09. The molecule has 1 atom stereocenters. The Hall–Kier alpha value is -1.66. The second kappa shape index (κ2) is 7.38. The highest BCUT2D eigenvalue weighted by atomic mass is 32.2. The first kappa shape index (κ1) is 15.7. The number of aliphatic hydroxyl groups excluding tert-OH is 1. The van der Waals surface area contributed by atoms with Gasteiger partial charge in [-0.25, -0.2) is 0 Å². The SMILES string of the molecule is COc1ccc2[nH]c(CNC(=O)C(O)CCSC)cc2c1. The summed E-state index contributed by atoms with van der Waals surface area (Å²) in [5.41, 5.74) is 1.88. The van der Waals surface area contributed by atoms with Crippen molar-refractivity contribution in [2.75, 3.05) is 19.1 Å². The van der Waals surface area contributed by atoms with Gasteiger partial charge in [-0.2, -0.15) is 11.8 Å². The lowest BCUT2D eigenvalue weighted by atomic mass is 10.2. The number of benzene rings is 1. The van der Waals surface area contributed by atoms with Gasteiger partial charge in [0.1, 0.15) is 11.9 Å². The molecule has 0 spiro atoms. The molecule has 0 fully saturated rings. The number of carbonyl (C=O) groups excluding carboxylic acids is 1. The van der Waals surface area contributed by atoms with Gasteiger partial charge in [0.05, 0.1) is 13.7 Å². The standard InChI is InChI=1S/C15H20N2O3S/c1-20-12-3-4-13-10(8-12)7-11(17-13)9-16-15(19)14(18)5-6-21-2/h3-4,7-8,14,17-18H,5-6,9H2,1-2H3,(H,16,19). The molecule has 1 aromatic heterocycles. The summed E-state index contributed by atoms with van der Waals surface area (Å²) in [4.78, 5) is 15.0. The molecule has 1 heterocycles. The highest BCUT2D eigenvalue weighted by Gasteiger charge is 2.14. The summed E-state index contributed by atoms with van der Waals surface area (Å²) in [6.07, 6.45) is 1.47. The third kappa shape index (κ3) is 4.15. The number of methoxy groups -OCH3 is 1. The fourth-order valence-electron chi connectivity index (χ4n) is 2.05. The topological polar surface area (TPSA) is 74.3 Å². The third-order valence-corrected chi connectivity index (χ3v) is 3.88. The van der Waals surface area contributed by atoms with Gasteiger partial charge in [0.2, 0.25) is 5.91 Å². The van der Waals surface area contributed by atoms with Crippen LogP contribution in [0.3, 0.4) is 0 Å². The van der Waals surface area contributed by atoms with E-state index in [0.717, 1.165) is 28.1 Å². The van der Waals surface area contributed by atoms with Gasteiger partial charge in [-0.05, 0) is 42.7 Å². The summed E-state index contributed by atoms with van der Waals surface area (Å²) in [6, 6.07) is 7.72. The van der Waals surface area contributed by atoms with E-state index in [-0.39, 0.29) is 5.91 Å². The zero-order valence-electron chi connectivity index (χ0n) is 12.2. The molecule has 0 saturated carbocycles. The Balaban J connectivity index is 1.95. The van der Waals surface area contributed by atoms with Crippen molar-refractivity contribution in [3.8, 4) is 5.75 Å². The number of H-pyrrole nitrogens is 1. The van der Waals surface area contributed by atoms with E-state index < -0.39 is 6.10 Å². The van der Waals surface area contributed by atoms with E-state index in [0.29, 0.717) is 13.0 Å². The van der Waals surface area contributed by atoms with E-state index in [1.807, 2.05) is 30.5 Å². The molecular weight excluding hydrogens is 288 g/mol. The summed E-state index contributed by atoms with van der Waals surface area (Å²) in [6.45, 7) is 0.367. The number of aliphatic hydroxyl groups is 1. The quantitative estimate of drug-likeness (QED) is 0.730. The van der Waals surface area contributed by atoms with Gasteiger partial charge in [0, 0.05) is 16.6 Å². The Bertz CT molecular complexity index is 612. The van der Waals surface area contributed by atoms with Crippen LogP contribution < -0.4 is 10.1 Å². The molecule has 1 aromatic carbocycles. The molecule has 2 aromatic rings. The average Bonchev–Trinajstić information content (AvgIpc) is 2.91. The summed E-state index contributed by atoms with van der Waals surface area (Å²) in [5.74, 6) is 1.23. The molecule has 1 amide bonds. The zero-order valence-corrected chi connectivity index (χ0v) is 13.0. The second-order valence-electron chi connectivity index (χ2n) is 4.76. The monoisotopic (exact) mass is 308 g/mol. The number of carbonyl (C=O) groups is 1. The molecule has 0 radical (unpaired) electrons. The normalized spacial score (nSPS) is 12.3. The fourth-order valence-corrected chi connectivity index (χ4v) is 2.51. The molecule has 0 aliphatic rings. The minimum Gasteiger partial charge on any atom is -0.497 e. The minimum atomic E-state index is -0.943. The van der Waals surface area contributed by atoms with Crippen molar-refractivity contribution >= 4 is 28.6 Å². The number of aromatic nitrogens is 1. The van der Waals surface area contributed by atoms with Crippen molar-refractivity contribution in [3.63, 3.8) is 0 Å². The van der Waals surface area contributed by atoms with Crippen LogP contribution in [0.2, 0.25) is 0 Å². The highest BCUT2D eigenvalue weighted by Crippen LogP contribution is 2.21. The summed E-state index contributed by atoms with van der Waals surface area (Å²) in [5, 5.41) is 13.4. The molecular formula is C15H20N2O3S. The molecule has 2 rings (SSSR count). The van der Waals surface area contributed by atoms with Crippen molar-refractivity contribution in [1.29, 1.82) is 0 Å². The van der Waals surface area contributed by atoms with Crippen LogP contribution in [-0.2, 0) is 11.3 Å². The Kier molecular flexibility index (Phi) is 5.52. The van der Waals surface area contributed by atoms with E-state index in [9.17, 15) is 9.90 Å². The van der Waals surface area contributed by atoms with Crippen LogP contribution in [0.5, 0.6) is 5.75 Å². The molecule has 5 nitrogen and oxygen atoms in total. The number of hydrogen-bond acceptors (Lipinski definition) is 4. The van der Waals surface area contributed by atoms with Crippen molar-refractivity contribution in [2.45, 2.75) is 19.1 Å². The maximum atomic E-state index is 11.7. The van der Waals surface area contributed by atoms with E-state index in [2.05, 4.69) is 10.3 Å². The first-order valence-electron chi connectivity index (χ1n) is 6.74. The number of fused-ring (bicyclic) bond motifs is 1. The van der Waals surface area contributed by atoms with Gasteiger partial charge in [-0.15, -0.1) is 0 Å². The third-order valence-electron chi connectivity index (χ3n) is 3.23. The van der Waals surface area contributed by atoms with Crippen LogP contribution in [-0.4, -0.2) is 41.2 Å². The van der Waals surface area contributed by atoms with Crippen LogP contribution in [0.4, 0.5) is 0 Å². The fraction of sp³-hybridized carbons (Fsp3) is 0.400. The van der Waals surface area contributed by atoms with E-state index >= 15 is 0 Å². The van der Waals surface area contributed by atoms with Crippen LogP contribution >= 0.6 is 11.8 Å². The molecule has 3 N–H and O–H groups in total. The van der Waals surface area contributed by atoms with Crippen LogP contribution in [0.25, 0.3) is 10.9 Å². The predicted octanol–water partition coefficient (Wildman–Crippen LogP) is 1.91. The Morgan fingerprint density at radius 3 is 3.00 bits per heavy atom. The van der Waals surface area contributed by atoms with Gasteiger partial charge in [0.15, 0.2) is 0 Å². The average molecular weight is 308 g/mol. The van der Waals surface area contributed by atoms with Gasteiger partial charge < -0.3 is 20.1 Å². The molecule has 114 valence electrons. The maximum Gasteiger partial charge on any atom is 0.249 e. The van der Waals surface area contributed by atoms with Crippen molar-refractivity contribution < 1.29 is 14.6 Å². The van der Waals surface area contributed by atoms with E-state index in [4.69, 9.17) is 4.74 Å². The maximum absolute atomic E-state index is 11.7. The summed E-state index contributed by atoms with van der Waals surface area (Å²) >= 11 is 1.61. The molecule has 0 aliphatic heterocycles. The van der Waals surface area contributed by atoms with Crippen LogP contribution in [0.1, 0.15) is 12.1 Å². The minimum absolute atomic E-state index is 0.333. The molecule has 0 aliphatic carbocycles. The largest absolute Gasteiger partial charge is 0.497 e. The number of amides is 1. The van der Waals surface area contributed by atoms with E-state index in [1.165, 1.54) is 0 Å². The Labute approximate surface area is 128 Å². The first-order chi connectivity index (χ1) is 10.1. The number of rotatable bonds is 7. The Morgan fingerprint density at radius 1 is 1.48 bits per heavy atom. The van der Waals surface area contributed by atoms with Gasteiger partial charge >= 0.3 is 0 Å². The van der Waals surface area contributed by atoms with Crippen molar-refractivity contribution in [2.24, 2.45) is 0 Å². The lowest BCUT2D eigenvalue weighted by molar-refractivity contribution is -0.129. The number of ether oxygens (including phenoxy) is 1. The lowest BCUT2D eigenvalue weighted by Crippen LogP contribution is -2.34. The van der Waals surface area contributed by atoms with E-state index in [1.54, 1.807) is 18.9 Å². The van der Waals surface area contributed by atoms with Gasteiger partial charge in [-0.3, -0.25) is 4.79 Å². The zero-order chi connectivity index (χ0) is 15.2. The van der Waals surface area contributed by atoms with Gasteiger partial charge in [-0.1, -0.05) is 0 Å².